The number of carboxylic acids is 1. The van der Waals surface area contributed by atoms with Gasteiger partial charge in [-0.15, -0.1) is 0 Å². The van der Waals surface area contributed by atoms with Crippen LogP contribution in [0.25, 0.3) is 0 Å². The van der Waals surface area contributed by atoms with Crippen LogP contribution < -0.4 is 0 Å². The average molecular weight is 241 g/mol. The molecule has 18 heavy (non-hydrogen) atoms. The molecule has 1 N–H and O–H groups in total. The second kappa shape index (κ2) is 6.41. The van der Waals surface area contributed by atoms with Crippen molar-refractivity contribution in [2.45, 2.75) is 20.3 Å². The van der Waals surface area contributed by atoms with E-state index >= 15 is 0 Å². The highest BCUT2D eigenvalue weighted by atomic mass is 16.4. The molecule has 92 valence electrons. The molecule has 0 saturated heterocycles. The van der Waals surface area contributed by atoms with E-state index in [1.165, 1.54) is 12.3 Å². The lowest BCUT2D eigenvalue weighted by Gasteiger charge is -1.99. The van der Waals surface area contributed by atoms with Gasteiger partial charge in [0.1, 0.15) is 0 Å². The lowest BCUT2D eigenvalue weighted by atomic mass is 10.1. The number of carbonyl (C=O) groups is 1. The van der Waals surface area contributed by atoms with Crippen LogP contribution >= 0.6 is 0 Å². The topological polar surface area (TPSA) is 50.2 Å². The van der Waals surface area contributed by atoms with Gasteiger partial charge >= 0.3 is 5.97 Å². The second-order valence-electron chi connectivity index (χ2n) is 3.70. The summed E-state index contributed by atoms with van der Waals surface area (Å²) in [5, 5.41) is 9.09. The van der Waals surface area contributed by atoms with E-state index in [2.05, 4.69) is 23.4 Å². The number of aryl methyl sites for hydroxylation is 1. The summed E-state index contributed by atoms with van der Waals surface area (Å²) in [4.78, 5) is 15.1. The van der Waals surface area contributed by atoms with Crippen molar-refractivity contribution >= 4 is 5.97 Å². The highest BCUT2D eigenvalue weighted by molar-refractivity contribution is 5.90. The van der Waals surface area contributed by atoms with Gasteiger partial charge in [0.15, 0.2) is 0 Å². The molecule has 0 spiro atoms. The van der Waals surface area contributed by atoms with Gasteiger partial charge < -0.3 is 5.11 Å². The molecule has 0 aliphatic heterocycles. The lowest BCUT2D eigenvalue weighted by Crippen LogP contribution is -2.02. The Morgan fingerprint density at radius 3 is 2.89 bits per heavy atom. The first-order chi connectivity index (χ1) is 8.58. The largest absolute Gasteiger partial charge is 0.478 e. The molecule has 0 atom stereocenters. The number of aromatic nitrogens is 1. The monoisotopic (exact) mass is 241 g/mol. The maximum atomic E-state index is 11.1. The first-order valence-electron chi connectivity index (χ1n) is 5.63. The maximum absolute atomic E-state index is 11.1. The Morgan fingerprint density at radius 2 is 2.33 bits per heavy atom. The third-order valence-electron chi connectivity index (χ3n) is 2.26. The highest BCUT2D eigenvalue weighted by Crippen LogP contribution is 2.08. The fraction of sp³-hybridized carbons (Fsp3) is 0.200. The molecule has 0 radical (unpaired) electrons. The van der Waals surface area contributed by atoms with E-state index in [1.807, 2.05) is 13.0 Å². The second-order valence-corrected chi connectivity index (χ2v) is 3.70. The molecule has 0 aliphatic rings. The Hall–Kier alpha value is -2.34. The van der Waals surface area contributed by atoms with Crippen LogP contribution in [0.3, 0.4) is 0 Å². The van der Waals surface area contributed by atoms with E-state index in [4.69, 9.17) is 5.11 Å². The Balaban J connectivity index is 3.19. The summed E-state index contributed by atoms with van der Waals surface area (Å²) >= 11 is 0. The van der Waals surface area contributed by atoms with Crippen molar-refractivity contribution < 1.29 is 9.90 Å². The molecule has 0 fully saturated rings. The molecular weight excluding hydrogens is 226 g/mol. The van der Waals surface area contributed by atoms with Crippen molar-refractivity contribution in [3.8, 4) is 11.8 Å². The SMILES string of the molecule is C=C/C(C#Cc1cnc(C)cc1C(=O)O)=C\CC. The van der Waals surface area contributed by atoms with E-state index in [9.17, 15) is 4.79 Å². The average Bonchev–Trinajstić information content (AvgIpc) is 2.35. The summed E-state index contributed by atoms with van der Waals surface area (Å²) in [6.45, 7) is 7.41. The molecule has 0 amide bonds. The molecule has 0 aliphatic carbocycles. The zero-order valence-corrected chi connectivity index (χ0v) is 10.5. The van der Waals surface area contributed by atoms with Gasteiger partial charge in [-0.25, -0.2) is 4.79 Å². The number of rotatable bonds is 3. The van der Waals surface area contributed by atoms with Crippen molar-refractivity contribution in [2.24, 2.45) is 0 Å². The summed E-state index contributed by atoms with van der Waals surface area (Å²) in [5.41, 5.74) is 2.03. The minimum atomic E-state index is -0.996. The molecule has 3 nitrogen and oxygen atoms in total. The van der Waals surface area contributed by atoms with Crippen molar-refractivity contribution in [3.63, 3.8) is 0 Å². The zero-order valence-electron chi connectivity index (χ0n) is 10.5. The number of pyridine rings is 1. The normalized spacial score (nSPS) is 10.4. The van der Waals surface area contributed by atoms with Gasteiger partial charge in [0.05, 0.1) is 11.1 Å². The highest BCUT2D eigenvalue weighted by Gasteiger charge is 2.08. The smallest absolute Gasteiger partial charge is 0.337 e. The molecule has 1 aromatic rings. The Labute approximate surface area is 107 Å². The molecule has 3 heteroatoms. The fourth-order valence-electron chi connectivity index (χ4n) is 1.38. The van der Waals surface area contributed by atoms with Crippen LogP contribution in [0.2, 0.25) is 0 Å². The van der Waals surface area contributed by atoms with E-state index in [0.717, 1.165) is 12.0 Å². The van der Waals surface area contributed by atoms with Gasteiger partial charge in [-0.05, 0) is 19.4 Å². The molecule has 0 unspecified atom stereocenters. The molecular formula is C15H15NO2. The first-order valence-corrected chi connectivity index (χ1v) is 5.63. The van der Waals surface area contributed by atoms with E-state index in [0.29, 0.717) is 11.3 Å². The van der Waals surface area contributed by atoms with E-state index < -0.39 is 5.97 Å². The van der Waals surface area contributed by atoms with Gasteiger partial charge in [0, 0.05) is 17.5 Å². The molecule has 1 heterocycles. The minimum absolute atomic E-state index is 0.176. The fourth-order valence-corrected chi connectivity index (χ4v) is 1.38. The van der Waals surface area contributed by atoms with Crippen molar-refractivity contribution in [3.05, 3.63) is 53.4 Å². The zero-order chi connectivity index (χ0) is 13.5. The lowest BCUT2D eigenvalue weighted by molar-refractivity contribution is 0.0696. The van der Waals surface area contributed by atoms with Gasteiger partial charge in [-0.2, -0.15) is 0 Å². The van der Waals surface area contributed by atoms with Crippen LogP contribution in [-0.4, -0.2) is 16.1 Å². The molecule has 1 rings (SSSR count). The minimum Gasteiger partial charge on any atom is -0.478 e. The predicted molar refractivity (Wildman–Crippen MR) is 71.4 cm³/mol. The van der Waals surface area contributed by atoms with Crippen molar-refractivity contribution in [1.29, 1.82) is 0 Å². The number of aromatic carboxylic acids is 1. The van der Waals surface area contributed by atoms with Crippen LogP contribution in [0.5, 0.6) is 0 Å². The van der Waals surface area contributed by atoms with Crippen LogP contribution in [0, 0.1) is 18.8 Å². The third-order valence-corrected chi connectivity index (χ3v) is 2.26. The van der Waals surface area contributed by atoms with E-state index in [1.54, 1.807) is 13.0 Å². The summed E-state index contributed by atoms with van der Waals surface area (Å²) < 4.78 is 0. The van der Waals surface area contributed by atoms with Crippen molar-refractivity contribution in [1.82, 2.24) is 4.98 Å². The molecule has 1 aromatic heterocycles. The first kappa shape index (κ1) is 13.7. The number of hydrogen-bond acceptors (Lipinski definition) is 2. The Bertz CT molecular complexity index is 560. The Kier molecular flexibility index (Phi) is 4.89. The standard InChI is InChI=1S/C15H15NO2/c1-4-6-12(5-2)7-8-13-10-16-11(3)9-14(13)15(17)18/h5-6,9-10H,2,4H2,1,3H3,(H,17,18)/b12-6+. The van der Waals surface area contributed by atoms with E-state index in [-0.39, 0.29) is 5.56 Å². The van der Waals surface area contributed by atoms with Crippen LogP contribution in [0.4, 0.5) is 0 Å². The van der Waals surface area contributed by atoms with Crippen molar-refractivity contribution in [2.75, 3.05) is 0 Å². The van der Waals surface area contributed by atoms with Crippen LogP contribution in [0.1, 0.15) is 35.0 Å². The van der Waals surface area contributed by atoms with Gasteiger partial charge in [-0.1, -0.05) is 37.5 Å². The number of allylic oxidation sites excluding steroid dienone is 3. The summed E-state index contributed by atoms with van der Waals surface area (Å²) in [6, 6.07) is 1.52. The Morgan fingerprint density at radius 1 is 1.61 bits per heavy atom. The number of carboxylic acid groups (broad SMARTS) is 1. The number of hydrogen-bond donors (Lipinski definition) is 1. The molecule has 0 saturated carbocycles. The van der Waals surface area contributed by atoms with Crippen LogP contribution in [0.15, 0.2) is 36.6 Å². The molecule has 0 bridgehead atoms. The predicted octanol–water partition coefficient (Wildman–Crippen LogP) is 2.96. The third kappa shape index (κ3) is 3.60. The summed E-state index contributed by atoms with van der Waals surface area (Å²) in [7, 11) is 0. The number of nitrogens with zero attached hydrogens (tertiary/aromatic N) is 1. The maximum Gasteiger partial charge on any atom is 0.337 e. The van der Waals surface area contributed by atoms with Crippen LogP contribution in [-0.2, 0) is 0 Å². The summed E-state index contributed by atoms with van der Waals surface area (Å²) in [5.74, 6) is 4.72. The molecule has 0 aromatic carbocycles. The quantitative estimate of drug-likeness (QED) is 0.653. The van der Waals surface area contributed by atoms with Gasteiger partial charge in [-0.3, -0.25) is 4.98 Å². The summed E-state index contributed by atoms with van der Waals surface area (Å²) in [6.07, 6.45) is 5.92. The van der Waals surface area contributed by atoms with Gasteiger partial charge in [0.2, 0.25) is 0 Å². The van der Waals surface area contributed by atoms with Gasteiger partial charge in [0.25, 0.3) is 0 Å².